The van der Waals surface area contributed by atoms with E-state index in [1.807, 2.05) is 36.5 Å². The van der Waals surface area contributed by atoms with Crippen LogP contribution in [-0.2, 0) is 35.4 Å². The number of hydrogen-bond acceptors (Lipinski definition) is 7. The molecule has 164 valence electrons. The highest BCUT2D eigenvalue weighted by Gasteiger charge is 2.19. The van der Waals surface area contributed by atoms with Crippen molar-refractivity contribution in [2.45, 2.75) is 51.6 Å². The van der Waals surface area contributed by atoms with Gasteiger partial charge in [-0.3, -0.25) is 4.79 Å². The number of nitrogens with zero attached hydrogens (tertiary/aromatic N) is 4. The average Bonchev–Trinajstić information content (AvgIpc) is 3.35. The first-order chi connectivity index (χ1) is 15.7. The zero-order chi connectivity index (χ0) is 21.9. The first-order valence-electron chi connectivity index (χ1n) is 11.0. The van der Waals surface area contributed by atoms with Gasteiger partial charge < -0.3 is 10.5 Å². The summed E-state index contributed by atoms with van der Waals surface area (Å²) in [6.07, 6.45) is 10.3. The maximum absolute atomic E-state index is 12.3. The van der Waals surface area contributed by atoms with E-state index in [2.05, 4.69) is 15.1 Å². The van der Waals surface area contributed by atoms with E-state index in [1.165, 1.54) is 29.7 Å². The highest BCUT2D eigenvalue weighted by Crippen LogP contribution is 2.37. The van der Waals surface area contributed by atoms with E-state index in [0.29, 0.717) is 18.1 Å². The Bertz CT molecular complexity index is 1250. The number of nitrogen functional groups attached to an aromatic ring is 1. The molecule has 1 aliphatic carbocycles. The molecular weight excluding hydrogens is 422 g/mol. The van der Waals surface area contributed by atoms with Crippen molar-refractivity contribution >= 4 is 33.3 Å². The lowest BCUT2D eigenvalue weighted by molar-refractivity contribution is -0.145. The fraction of sp³-hybridized carbons (Fsp3) is 0.333. The van der Waals surface area contributed by atoms with Crippen molar-refractivity contribution in [3.05, 3.63) is 64.6 Å². The maximum Gasteiger partial charge on any atom is 0.306 e. The van der Waals surface area contributed by atoms with Crippen molar-refractivity contribution < 1.29 is 9.53 Å². The Hall–Kier alpha value is -3.26. The van der Waals surface area contributed by atoms with Gasteiger partial charge in [0.25, 0.3) is 0 Å². The number of anilines is 1. The van der Waals surface area contributed by atoms with Crippen LogP contribution in [0.1, 0.15) is 47.5 Å². The van der Waals surface area contributed by atoms with Crippen LogP contribution >= 0.6 is 11.3 Å². The van der Waals surface area contributed by atoms with Crippen LogP contribution in [0.4, 0.5) is 5.82 Å². The van der Waals surface area contributed by atoms with Gasteiger partial charge in [-0.1, -0.05) is 24.6 Å². The van der Waals surface area contributed by atoms with Gasteiger partial charge in [-0.05, 0) is 55.4 Å². The minimum Gasteiger partial charge on any atom is -0.457 e. The number of esters is 1. The summed E-state index contributed by atoms with van der Waals surface area (Å²) < 4.78 is 7.23. The number of fused-ring (bicyclic) bond motifs is 3. The lowest BCUT2D eigenvalue weighted by atomic mass is 10.1. The standard InChI is InChI=1S/C24H25N5O2S/c25-23-22-18-9-5-2-6-10-19(18)32-24(22)28-20(27-23)15-31-21(30)12-11-16-13-26-29(14-16)17-7-3-1-4-8-17/h1,3-4,7-8,13-14H,2,5-6,9-12,15H2,(H2,25,27,28). The van der Waals surface area contributed by atoms with Crippen molar-refractivity contribution in [3.63, 3.8) is 0 Å². The van der Waals surface area contributed by atoms with Crippen molar-refractivity contribution in [1.29, 1.82) is 0 Å². The van der Waals surface area contributed by atoms with Crippen molar-refractivity contribution in [2.24, 2.45) is 0 Å². The first kappa shape index (κ1) is 20.6. The highest BCUT2D eigenvalue weighted by atomic mass is 32.1. The van der Waals surface area contributed by atoms with Gasteiger partial charge in [-0.15, -0.1) is 11.3 Å². The molecule has 1 aliphatic rings. The minimum atomic E-state index is -0.290. The van der Waals surface area contributed by atoms with E-state index in [0.717, 1.165) is 34.3 Å². The van der Waals surface area contributed by atoms with Gasteiger partial charge >= 0.3 is 5.97 Å². The molecule has 3 aromatic heterocycles. The molecule has 32 heavy (non-hydrogen) atoms. The molecule has 4 aromatic rings. The fourth-order valence-electron chi connectivity index (χ4n) is 4.15. The molecule has 3 heterocycles. The number of carbonyl (C=O) groups is 1. The average molecular weight is 448 g/mol. The second kappa shape index (κ2) is 9.08. The molecule has 0 fully saturated rings. The van der Waals surface area contributed by atoms with E-state index in [1.54, 1.807) is 22.2 Å². The van der Waals surface area contributed by atoms with E-state index in [-0.39, 0.29) is 19.0 Å². The van der Waals surface area contributed by atoms with Crippen molar-refractivity contribution in [1.82, 2.24) is 19.7 Å². The Kier molecular flexibility index (Phi) is 5.85. The normalized spacial score (nSPS) is 13.6. The summed E-state index contributed by atoms with van der Waals surface area (Å²) in [6, 6.07) is 9.87. The van der Waals surface area contributed by atoms with Gasteiger partial charge in [0.1, 0.15) is 10.6 Å². The highest BCUT2D eigenvalue weighted by molar-refractivity contribution is 7.19. The number of nitrogens with two attached hydrogens (primary N) is 1. The Morgan fingerprint density at radius 1 is 1.12 bits per heavy atom. The third kappa shape index (κ3) is 4.36. The second-order valence-corrected chi connectivity index (χ2v) is 9.14. The molecule has 0 bridgehead atoms. The summed E-state index contributed by atoms with van der Waals surface area (Å²) in [6.45, 7) is 0.0326. The van der Waals surface area contributed by atoms with E-state index in [4.69, 9.17) is 10.5 Å². The summed E-state index contributed by atoms with van der Waals surface area (Å²) in [5.41, 5.74) is 9.56. The van der Waals surface area contributed by atoms with Crippen LogP contribution < -0.4 is 5.73 Å². The molecule has 0 atom stereocenters. The second-order valence-electron chi connectivity index (χ2n) is 8.06. The maximum atomic E-state index is 12.3. The van der Waals surface area contributed by atoms with Gasteiger partial charge in [0, 0.05) is 17.5 Å². The molecule has 0 amide bonds. The van der Waals surface area contributed by atoms with Crippen LogP contribution in [0.2, 0.25) is 0 Å². The zero-order valence-electron chi connectivity index (χ0n) is 17.8. The van der Waals surface area contributed by atoms with Gasteiger partial charge in [-0.25, -0.2) is 14.6 Å². The Balaban J connectivity index is 1.19. The van der Waals surface area contributed by atoms with Crippen LogP contribution in [0.5, 0.6) is 0 Å². The topological polar surface area (TPSA) is 95.9 Å². The summed E-state index contributed by atoms with van der Waals surface area (Å²) in [4.78, 5) is 23.6. The number of hydrogen-bond donors (Lipinski definition) is 1. The SMILES string of the molecule is Nc1nc(COC(=O)CCc2cnn(-c3ccccc3)c2)nc2sc3c(c12)CCCCC3. The lowest BCUT2D eigenvalue weighted by Crippen LogP contribution is -2.09. The largest absolute Gasteiger partial charge is 0.457 e. The lowest BCUT2D eigenvalue weighted by Gasteiger charge is -2.06. The van der Waals surface area contributed by atoms with Crippen LogP contribution in [0, 0.1) is 0 Å². The van der Waals surface area contributed by atoms with Gasteiger partial charge in [0.2, 0.25) is 0 Å². The zero-order valence-corrected chi connectivity index (χ0v) is 18.6. The molecule has 0 spiro atoms. The first-order valence-corrected chi connectivity index (χ1v) is 11.8. The number of para-hydroxylation sites is 1. The summed E-state index contributed by atoms with van der Waals surface area (Å²) >= 11 is 1.70. The molecular formula is C24H25N5O2S. The third-order valence-corrected chi connectivity index (χ3v) is 6.96. The van der Waals surface area contributed by atoms with Crippen LogP contribution in [0.25, 0.3) is 15.9 Å². The van der Waals surface area contributed by atoms with Crippen LogP contribution in [0.3, 0.4) is 0 Å². The number of aromatic nitrogens is 4. The number of thiophene rings is 1. The summed E-state index contributed by atoms with van der Waals surface area (Å²) in [5.74, 6) is 0.659. The quantitative estimate of drug-likeness (QED) is 0.348. The van der Waals surface area contributed by atoms with Crippen LogP contribution in [-0.4, -0.2) is 25.7 Å². The van der Waals surface area contributed by atoms with Gasteiger partial charge in [-0.2, -0.15) is 5.10 Å². The fourth-order valence-corrected chi connectivity index (χ4v) is 5.44. The third-order valence-electron chi connectivity index (χ3n) is 5.78. The molecule has 0 aliphatic heterocycles. The number of aryl methyl sites for hydroxylation is 3. The number of benzene rings is 1. The molecule has 5 rings (SSSR count). The van der Waals surface area contributed by atoms with E-state index >= 15 is 0 Å². The van der Waals surface area contributed by atoms with E-state index < -0.39 is 0 Å². The molecule has 7 nitrogen and oxygen atoms in total. The van der Waals surface area contributed by atoms with Crippen molar-refractivity contribution in [2.75, 3.05) is 5.73 Å². The smallest absolute Gasteiger partial charge is 0.306 e. The van der Waals surface area contributed by atoms with Gasteiger partial charge in [0.15, 0.2) is 12.4 Å². The van der Waals surface area contributed by atoms with E-state index in [9.17, 15) is 4.79 Å². The molecule has 0 saturated heterocycles. The predicted octanol–water partition coefficient (Wildman–Crippen LogP) is 4.40. The minimum absolute atomic E-state index is 0.0326. The number of ether oxygens (including phenoxy) is 1. The Labute approximate surface area is 190 Å². The molecule has 0 saturated carbocycles. The number of rotatable bonds is 6. The molecule has 0 unspecified atom stereocenters. The summed E-state index contributed by atoms with van der Waals surface area (Å²) in [5, 5.41) is 5.36. The predicted molar refractivity (Wildman–Crippen MR) is 125 cm³/mol. The number of carbonyl (C=O) groups excluding carboxylic acids is 1. The molecule has 1 aromatic carbocycles. The van der Waals surface area contributed by atoms with Gasteiger partial charge in [0.05, 0.1) is 17.3 Å². The molecule has 8 heteroatoms. The Morgan fingerprint density at radius 3 is 2.84 bits per heavy atom. The Morgan fingerprint density at radius 2 is 1.97 bits per heavy atom. The molecule has 2 N–H and O–H groups in total. The molecule has 0 radical (unpaired) electrons. The monoisotopic (exact) mass is 447 g/mol. The van der Waals surface area contributed by atoms with Crippen molar-refractivity contribution in [3.8, 4) is 5.69 Å². The summed E-state index contributed by atoms with van der Waals surface area (Å²) in [7, 11) is 0. The van der Waals surface area contributed by atoms with Crippen LogP contribution in [0.15, 0.2) is 42.7 Å².